The Bertz CT molecular complexity index is 911. The molecule has 0 fully saturated rings. The van der Waals surface area contributed by atoms with E-state index in [9.17, 15) is 9.59 Å². The van der Waals surface area contributed by atoms with Crippen LogP contribution in [-0.4, -0.2) is 26.8 Å². The van der Waals surface area contributed by atoms with Gasteiger partial charge in [-0.15, -0.1) is 0 Å². The monoisotopic (exact) mass is 362 g/mol. The Morgan fingerprint density at radius 3 is 2.37 bits per heavy atom. The lowest BCUT2D eigenvalue weighted by atomic mass is 10.2. The van der Waals surface area contributed by atoms with E-state index in [4.69, 9.17) is 0 Å². The normalized spacial score (nSPS) is 10.1. The highest BCUT2D eigenvalue weighted by molar-refractivity contribution is 5.92. The highest BCUT2D eigenvalue weighted by Gasteiger charge is 2.08. The molecule has 3 N–H and O–H groups in total. The maximum atomic E-state index is 12.1. The van der Waals surface area contributed by atoms with Gasteiger partial charge < -0.3 is 16.0 Å². The van der Waals surface area contributed by atoms with E-state index in [1.807, 2.05) is 24.3 Å². The van der Waals surface area contributed by atoms with Crippen molar-refractivity contribution >= 4 is 29.0 Å². The van der Waals surface area contributed by atoms with E-state index < -0.39 is 0 Å². The van der Waals surface area contributed by atoms with Gasteiger partial charge in [0.15, 0.2) is 0 Å². The van der Waals surface area contributed by atoms with Gasteiger partial charge in [-0.3, -0.25) is 14.6 Å². The van der Waals surface area contributed by atoms with Crippen LogP contribution in [-0.2, 0) is 11.3 Å². The number of carbonyl (C=O) groups is 2. The quantitative estimate of drug-likeness (QED) is 0.622. The van der Waals surface area contributed by atoms with Crippen molar-refractivity contribution in [3.05, 3.63) is 72.4 Å². The van der Waals surface area contributed by atoms with Crippen LogP contribution in [0.5, 0.6) is 0 Å². The summed E-state index contributed by atoms with van der Waals surface area (Å²) in [7, 11) is 0. The zero-order chi connectivity index (χ0) is 19.1. The minimum absolute atomic E-state index is 0.126. The second kappa shape index (κ2) is 8.52. The van der Waals surface area contributed by atoms with Crippen LogP contribution < -0.4 is 16.0 Å². The number of rotatable bonds is 6. The zero-order valence-corrected chi connectivity index (χ0v) is 14.6. The smallest absolute Gasteiger partial charge is 0.271 e. The first-order valence-corrected chi connectivity index (χ1v) is 8.24. The number of aromatic nitrogens is 3. The number of benzene rings is 1. The zero-order valence-electron chi connectivity index (χ0n) is 14.6. The SMILES string of the molecule is CC(=O)Nc1ccc(Nc2cnc(C(=O)NCc3cccnc3)cn2)cc1. The van der Waals surface area contributed by atoms with Gasteiger partial charge in [-0.25, -0.2) is 9.97 Å². The molecule has 0 atom stereocenters. The number of carbonyl (C=O) groups excluding carboxylic acids is 2. The van der Waals surface area contributed by atoms with Crippen LogP contribution in [0, 0.1) is 0 Å². The second-order valence-corrected chi connectivity index (χ2v) is 5.71. The van der Waals surface area contributed by atoms with Gasteiger partial charge in [0.2, 0.25) is 5.91 Å². The summed E-state index contributed by atoms with van der Waals surface area (Å²) in [5.74, 6) is 0.0719. The van der Waals surface area contributed by atoms with Crippen LogP contribution in [0.4, 0.5) is 17.2 Å². The van der Waals surface area contributed by atoms with Crippen LogP contribution in [0.1, 0.15) is 23.0 Å². The number of hydrogen-bond acceptors (Lipinski definition) is 6. The predicted octanol–water partition coefficient (Wildman–Crippen LogP) is 2.50. The molecule has 0 spiro atoms. The minimum Gasteiger partial charge on any atom is -0.347 e. The Hall–Kier alpha value is -3.81. The Morgan fingerprint density at radius 1 is 0.963 bits per heavy atom. The Kier molecular flexibility index (Phi) is 5.68. The lowest BCUT2D eigenvalue weighted by Crippen LogP contribution is -2.24. The summed E-state index contributed by atoms with van der Waals surface area (Å²) >= 11 is 0. The van der Waals surface area contributed by atoms with Gasteiger partial charge in [-0.2, -0.15) is 0 Å². The number of amides is 2. The topological polar surface area (TPSA) is 109 Å². The molecule has 0 saturated heterocycles. The van der Waals surface area contributed by atoms with E-state index in [1.165, 1.54) is 19.3 Å². The number of anilines is 3. The van der Waals surface area contributed by atoms with Crippen LogP contribution in [0.15, 0.2) is 61.2 Å². The summed E-state index contributed by atoms with van der Waals surface area (Å²) in [5.41, 5.74) is 2.62. The maximum absolute atomic E-state index is 12.1. The summed E-state index contributed by atoms with van der Waals surface area (Å²) in [6.45, 7) is 1.82. The third-order valence-corrected chi connectivity index (χ3v) is 3.54. The standard InChI is InChI=1S/C19H18N6O2/c1-13(26)24-15-4-6-16(7-5-15)25-18-12-21-17(11-22-18)19(27)23-10-14-3-2-8-20-9-14/h2-9,11-12H,10H2,1H3,(H,22,25)(H,23,27)(H,24,26). The van der Waals surface area contributed by atoms with E-state index in [-0.39, 0.29) is 17.5 Å². The average molecular weight is 362 g/mol. The molecule has 3 rings (SSSR count). The summed E-state index contributed by atoms with van der Waals surface area (Å²) in [4.78, 5) is 35.5. The fourth-order valence-corrected chi connectivity index (χ4v) is 2.27. The number of hydrogen-bond donors (Lipinski definition) is 3. The van der Waals surface area contributed by atoms with Gasteiger partial charge in [0.1, 0.15) is 11.5 Å². The van der Waals surface area contributed by atoms with E-state index in [2.05, 4.69) is 30.9 Å². The largest absolute Gasteiger partial charge is 0.347 e. The molecule has 0 bridgehead atoms. The van der Waals surface area contributed by atoms with Gasteiger partial charge in [-0.1, -0.05) is 6.07 Å². The van der Waals surface area contributed by atoms with Gasteiger partial charge in [0.25, 0.3) is 5.91 Å². The third-order valence-electron chi connectivity index (χ3n) is 3.54. The molecular weight excluding hydrogens is 344 g/mol. The van der Waals surface area contributed by atoms with Crippen LogP contribution >= 0.6 is 0 Å². The molecule has 8 nitrogen and oxygen atoms in total. The van der Waals surface area contributed by atoms with Crippen LogP contribution in [0.2, 0.25) is 0 Å². The molecule has 2 heterocycles. The molecule has 0 aliphatic rings. The number of nitrogens with one attached hydrogen (secondary N) is 3. The summed E-state index contributed by atoms with van der Waals surface area (Å²) in [6, 6.07) is 10.9. The van der Waals surface area contributed by atoms with Crippen LogP contribution in [0.3, 0.4) is 0 Å². The lowest BCUT2D eigenvalue weighted by Gasteiger charge is -2.08. The molecule has 27 heavy (non-hydrogen) atoms. The van der Waals surface area contributed by atoms with Gasteiger partial charge in [-0.05, 0) is 35.9 Å². The van der Waals surface area contributed by atoms with E-state index in [1.54, 1.807) is 24.5 Å². The van der Waals surface area contributed by atoms with Crippen molar-refractivity contribution in [3.63, 3.8) is 0 Å². The molecule has 8 heteroatoms. The average Bonchev–Trinajstić information content (AvgIpc) is 2.69. The van der Waals surface area contributed by atoms with Gasteiger partial charge in [0, 0.05) is 37.2 Å². The minimum atomic E-state index is -0.308. The Balaban J connectivity index is 1.56. The molecule has 0 saturated carbocycles. The summed E-state index contributed by atoms with van der Waals surface area (Å²) < 4.78 is 0. The summed E-state index contributed by atoms with van der Waals surface area (Å²) in [6.07, 6.45) is 6.26. The highest BCUT2D eigenvalue weighted by atomic mass is 16.2. The first-order valence-electron chi connectivity index (χ1n) is 8.24. The van der Waals surface area contributed by atoms with E-state index in [0.29, 0.717) is 18.1 Å². The molecule has 1 aromatic carbocycles. The fourth-order valence-electron chi connectivity index (χ4n) is 2.27. The second-order valence-electron chi connectivity index (χ2n) is 5.71. The van der Waals surface area contributed by atoms with E-state index in [0.717, 1.165) is 11.3 Å². The molecule has 0 unspecified atom stereocenters. The number of pyridine rings is 1. The van der Waals surface area contributed by atoms with Crippen molar-refractivity contribution in [2.45, 2.75) is 13.5 Å². The first kappa shape index (κ1) is 18.0. The predicted molar refractivity (Wildman–Crippen MR) is 101 cm³/mol. The maximum Gasteiger partial charge on any atom is 0.271 e. The lowest BCUT2D eigenvalue weighted by molar-refractivity contribution is -0.114. The molecular formula is C19H18N6O2. The Labute approximate surface area is 156 Å². The van der Waals surface area contributed by atoms with Crippen molar-refractivity contribution in [3.8, 4) is 0 Å². The molecule has 2 amide bonds. The van der Waals surface area contributed by atoms with Crippen molar-refractivity contribution in [1.82, 2.24) is 20.3 Å². The highest BCUT2D eigenvalue weighted by Crippen LogP contribution is 2.17. The van der Waals surface area contributed by atoms with Crippen LogP contribution in [0.25, 0.3) is 0 Å². The molecule has 136 valence electrons. The van der Waals surface area contributed by atoms with E-state index >= 15 is 0 Å². The molecule has 3 aromatic rings. The first-order chi connectivity index (χ1) is 13.1. The number of nitrogens with zero attached hydrogens (tertiary/aromatic N) is 3. The third kappa shape index (κ3) is 5.33. The fraction of sp³-hybridized carbons (Fsp3) is 0.105. The molecule has 0 aliphatic heterocycles. The van der Waals surface area contributed by atoms with Gasteiger partial charge >= 0.3 is 0 Å². The Morgan fingerprint density at radius 2 is 1.74 bits per heavy atom. The van der Waals surface area contributed by atoms with Crippen molar-refractivity contribution in [2.24, 2.45) is 0 Å². The molecule has 2 aromatic heterocycles. The summed E-state index contributed by atoms with van der Waals surface area (Å²) in [5, 5.41) is 8.55. The van der Waals surface area contributed by atoms with Crippen molar-refractivity contribution in [2.75, 3.05) is 10.6 Å². The van der Waals surface area contributed by atoms with Crippen molar-refractivity contribution in [1.29, 1.82) is 0 Å². The molecule has 0 radical (unpaired) electrons. The van der Waals surface area contributed by atoms with Crippen molar-refractivity contribution < 1.29 is 9.59 Å². The molecule has 0 aliphatic carbocycles. The van der Waals surface area contributed by atoms with Gasteiger partial charge in [0.05, 0.1) is 12.4 Å².